The summed E-state index contributed by atoms with van der Waals surface area (Å²) in [5.74, 6) is -0.216. The van der Waals surface area contributed by atoms with Gasteiger partial charge in [0.2, 0.25) is 0 Å². The van der Waals surface area contributed by atoms with E-state index in [1.807, 2.05) is 0 Å². The van der Waals surface area contributed by atoms with Crippen molar-refractivity contribution in [1.29, 1.82) is 0 Å². The fourth-order valence-electron chi connectivity index (χ4n) is 1.89. The molecule has 0 N–H and O–H groups in total. The van der Waals surface area contributed by atoms with E-state index in [0.717, 1.165) is 12.8 Å². The predicted molar refractivity (Wildman–Crippen MR) is 64.1 cm³/mol. The number of carbonyl (C=O) groups excluding carboxylic acids is 2. The minimum absolute atomic E-state index is 0.171. The number of carbonyl (C=O) groups is 2. The number of ketones is 1. The predicted octanol–water partition coefficient (Wildman–Crippen LogP) is 3.01. The van der Waals surface area contributed by atoms with Gasteiger partial charge in [-0.3, -0.25) is 4.79 Å². The average Bonchev–Trinajstić information content (AvgIpc) is 2.29. The number of rotatable bonds is 2. The molecule has 1 aliphatic carbocycles. The van der Waals surface area contributed by atoms with Crippen LogP contribution in [0.15, 0.2) is 24.3 Å². The summed E-state index contributed by atoms with van der Waals surface area (Å²) in [5, 5.41) is 0.578. The van der Waals surface area contributed by atoms with E-state index in [-0.39, 0.29) is 17.9 Å². The SMILES string of the molecule is O=C1CCCC(OC(=O)c2ccc(Cl)cc2)C1. The third kappa shape index (κ3) is 3.30. The van der Waals surface area contributed by atoms with Crippen LogP contribution >= 0.6 is 11.6 Å². The van der Waals surface area contributed by atoms with Gasteiger partial charge < -0.3 is 4.74 Å². The van der Waals surface area contributed by atoms with Crippen LogP contribution in [0.2, 0.25) is 5.02 Å². The number of esters is 1. The zero-order valence-electron chi connectivity index (χ0n) is 9.32. The van der Waals surface area contributed by atoms with Crippen LogP contribution in [0.1, 0.15) is 36.0 Å². The second-order valence-electron chi connectivity index (χ2n) is 4.17. The average molecular weight is 253 g/mol. The lowest BCUT2D eigenvalue weighted by molar-refractivity contribution is -0.123. The van der Waals surface area contributed by atoms with Gasteiger partial charge in [-0.05, 0) is 37.1 Å². The van der Waals surface area contributed by atoms with Crippen molar-refractivity contribution in [2.24, 2.45) is 0 Å². The molecule has 2 rings (SSSR count). The second-order valence-corrected chi connectivity index (χ2v) is 4.61. The molecule has 1 unspecified atom stereocenters. The highest BCUT2D eigenvalue weighted by Gasteiger charge is 2.23. The van der Waals surface area contributed by atoms with Crippen molar-refractivity contribution in [3.05, 3.63) is 34.9 Å². The minimum Gasteiger partial charge on any atom is -0.458 e. The lowest BCUT2D eigenvalue weighted by Crippen LogP contribution is -2.25. The summed E-state index contributed by atoms with van der Waals surface area (Å²) in [5.41, 5.74) is 0.465. The molecule has 0 spiro atoms. The normalized spacial score (nSPS) is 20.1. The standard InChI is InChI=1S/C13H13ClO3/c14-10-6-4-9(5-7-10)13(16)17-12-3-1-2-11(15)8-12/h4-7,12H,1-3,8H2. The van der Waals surface area contributed by atoms with Crippen LogP contribution in [0, 0.1) is 0 Å². The lowest BCUT2D eigenvalue weighted by Gasteiger charge is -2.21. The monoisotopic (exact) mass is 252 g/mol. The van der Waals surface area contributed by atoms with Crippen LogP contribution in [-0.4, -0.2) is 17.9 Å². The van der Waals surface area contributed by atoms with Gasteiger partial charge in [0.05, 0.1) is 5.56 Å². The van der Waals surface area contributed by atoms with E-state index >= 15 is 0 Å². The van der Waals surface area contributed by atoms with Crippen molar-refractivity contribution in [2.75, 3.05) is 0 Å². The molecule has 0 aliphatic heterocycles. The molecule has 0 amide bonds. The van der Waals surface area contributed by atoms with Crippen molar-refractivity contribution in [1.82, 2.24) is 0 Å². The zero-order chi connectivity index (χ0) is 12.3. The van der Waals surface area contributed by atoms with Gasteiger partial charge in [-0.25, -0.2) is 4.79 Å². The van der Waals surface area contributed by atoms with Crippen LogP contribution in [0.25, 0.3) is 0 Å². The molecule has 0 heterocycles. The van der Waals surface area contributed by atoms with Gasteiger partial charge in [0, 0.05) is 17.9 Å². The lowest BCUT2D eigenvalue weighted by atomic mass is 9.96. The molecule has 0 saturated heterocycles. The first-order valence-corrected chi connectivity index (χ1v) is 6.01. The van der Waals surface area contributed by atoms with E-state index in [1.165, 1.54) is 0 Å². The van der Waals surface area contributed by atoms with Crippen molar-refractivity contribution in [3.63, 3.8) is 0 Å². The van der Waals surface area contributed by atoms with E-state index < -0.39 is 0 Å². The van der Waals surface area contributed by atoms with E-state index in [4.69, 9.17) is 16.3 Å². The smallest absolute Gasteiger partial charge is 0.338 e. The fraction of sp³-hybridized carbons (Fsp3) is 0.385. The Kier molecular flexibility index (Phi) is 3.79. The third-order valence-electron chi connectivity index (χ3n) is 2.79. The Morgan fingerprint density at radius 2 is 2.00 bits per heavy atom. The van der Waals surface area contributed by atoms with Gasteiger partial charge in [-0.2, -0.15) is 0 Å². The summed E-state index contributed by atoms with van der Waals surface area (Å²) >= 11 is 5.73. The quantitative estimate of drug-likeness (QED) is 0.760. The summed E-state index contributed by atoms with van der Waals surface area (Å²) in [4.78, 5) is 23.0. The topological polar surface area (TPSA) is 43.4 Å². The van der Waals surface area contributed by atoms with Crippen LogP contribution in [0.4, 0.5) is 0 Å². The summed E-state index contributed by atoms with van der Waals surface area (Å²) in [6.07, 6.45) is 2.26. The van der Waals surface area contributed by atoms with E-state index in [0.29, 0.717) is 23.4 Å². The molecular formula is C13H13ClO3. The number of benzene rings is 1. The Hall–Kier alpha value is -1.35. The van der Waals surface area contributed by atoms with E-state index in [2.05, 4.69) is 0 Å². The van der Waals surface area contributed by atoms with Crippen LogP contribution in [-0.2, 0) is 9.53 Å². The minimum atomic E-state index is -0.388. The zero-order valence-corrected chi connectivity index (χ0v) is 10.1. The summed E-state index contributed by atoms with van der Waals surface area (Å²) in [6.45, 7) is 0. The maximum absolute atomic E-state index is 11.8. The second kappa shape index (κ2) is 5.32. The number of halogens is 1. The van der Waals surface area contributed by atoms with Gasteiger partial charge in [0.15, 0.2) is 0 Å². The molecule has 90 valence electrons. The van der Waals surface area contributed by atoms with E-state index in [1.54, 1.807) is 24.3 Å². The first-order valence-electron chi connectivity index (χ1n) is 5.63. The summed E-state index contributed by atoms with van der Waals surface area (Å²) < 4.78 is 5.28. The van der Waals surface area contributed by atoms with Gasteiger partial charge in [-0.15, -0.1) is 0 Å². The Morgan fingerprint density at radius 3 is 2.65 bits per heavy atom. The molecule has 1 aromatic rings. The van der Waals surface area contributed by atoms with E-state index in [9.17, 15) is 9.59 Å². The van der Waals surface area contributed by atoms with Crippen molar-refractivity contribution in [3.8, 4) is 0 Å². The number of Topliss-reactive ketones (excluding diaryl/α,β-unsaturated/α-hetero) is 1. The number of hydrogen-bond donors (Lipinski definition) is 0. The Bertz CT molecular complexity index is 425. The van der Waals surface area contributed by atoms with Gasteiger partial charge in [0.25, 0.3) is 0 Å². The summed E-state index contributed by atoms with van der Waals surface area (Å²) in [6, 6.07) is 6.53. The molecule has 4 heteroatoms. The molecule has 1 saturated carbocycles. The maximum atomic E-state index is 11.8. The molecule has 0 radical (unpaired) electrons. The Labute approximate surface area is 105 Å². The highest BCUT2D eigenvalue weighted by atomic mass is 35.5. The molecule has 0 aromatic heterocycles. The summed E-state index contributed by atoms with van der Waals surface area (Å²) in [7, 11) is 0. The first kappa shape index (κ1) is 12.1. The Balaban J connectivity index is 1.96. The third-order valence-corrected chi connectivity index (χ3v) is 3.04. The molecule has 1 aromatic carbocycles. The molecule has 1 fully saturated rings. The Morgan fingerprint density at radius 1 is 1.29 bits per heavy atom. The van der Waals surface area contributed by atoms with Crippen molar-refractivity contribution < 1.29 is 14.3 Å². The van der Waals surface area contributed by atoms with Gasteiger partial charge in [0.1, 0.15) is 11.9 Å². The molecule has 3 nitrogen and oxygen atoms in total. The highest BCUT2D eigenvalue weighted by molar-refractivity contribution is 6.30. The van der Waals surface area contributed by atoms with Crippen LogP contribution < -0.4 is 0 Å². The number of hydrogen-bond acceptors (Lipinski definition) is 3. The molecule has 0 bridgehead atoms. The molecule has 17 heavy (non-hydrogen) atoms. The van der Waals surface area contributed by atoms with Crippen molar-refractivity contribution in [2.45, 2.75) is 31.8 Å². The largest absolute Gasteiger partial charge is 0.458 e. The number of ether oxygens (including phenoxy) is 1. The molecule has 1 atom stereocenters. The van der Waals surface area contributed by atoms with Gasteiger partial charge in [-0.1, -0.05) is 11.6 Å². The molecular weight excluding hydrogens is 240 g/mol. The maximum Gasteiger partial charge on any atom is 0.338 e. The highest BCUT2D eigenvalue weighted by Crippen LogP contribution is 2.19. The van der Waals surface area contributed by atoms with Crippen LogP contribution in [0.5, 0.6) is 0 Å². The fourth-order valence-corrected chi connectivity index (χ4v) is 2.02. The van der Waals surface area contributed by atoms with Crippen LogP contribution in [0.3, 0.4) is 0 Å². The molecule has 1 aliphatic rings. The van der Waals surface area contributed by atoms with Crippen molar-refractivity contribution >= 4 is 23.4 Å². The van der Waals surface area contributed by atoms with Gasteiger partial charge >= 0.3 is 5.97 Å². The first-order chi connectivity index (χ1) is 8.15.